The van der Waals surface area contributed by atoms with Crippen LogP contribution < -0.4 is 0 Å². The summed E-state index contributed by atoms with van der Waals surface area (Å²) in [6.07, 6.45) is 0.638. The Hall–Kier alpha value is -0.540. The first-order chi connectivity index (χ1) is 7.91. The van der Waals surface area contributed by atoms with E-state index < -0.39 is 22.2 Å². The summed E-state index contributed by atoms with van der Waals surface area (Å²) in [6, 6.07) is 1.43. The molecule has 2 unspecified atom stereocenters. The topological polar surface area (TPSA) is 90.7 Å². The van der Waals surface area contributed by atoms with E-state index in [1.807, 2.05) is 0 Å². The lowest BCUT2D eigenvalue weighted by Crippen LogP contribution is -2.30. The number of hydrogen-bond acceptors (Lipinski definition) is 5. The molecule has 0 amide bonds. The summed E-state index contributed by atoms with van der Waals surface area (Å²) in [4.78, 5) is 3.82. The predicted octanol–water partition coefficient (Wildman–Crippen LogP) is -0.430. The van der Waals surface area contributed by atoms with Crippen LogP contribution in [-0.2, 0) is 10.0 Å². The summed E-state index contributed by atoms with van der Waals surface area (Å²) in [5.74, 6) is 0. The third-order valence-electron chi connectivity index (χ3n) is 2.54. The summed E-state index contributed by atoms with van der Waals surface area (Å²) in [5, 5.41) is 18.7. The molecule has 0 aliphatic carbocycles. The van der Waals surface area contributed by atoms with Gasteiger partial charge in [-0.1, -0.05) is 0 Å². The van der Waals surface area contributed by atoms with E-state index in [1.54, 1.807) is 0 Å². The number of rotatable bonds is 2. The van der Waals surface area contributed by atoms with E-state index in [1.165, 1.54) is 18.5 Å². The van der Waals surface area contributed by atoms with Gasteiger partial charge in [-0.3, -0.25) is 4.98 Å². The van der Waals surface area contributed by atoms with Crippen molar-refractivity contribution in [1.29, 1.82) is 0 Å². The van der Waals surface area contributed by atoms with Gasteiger partial charge in [0.25, 0.3) is 0 Å². The molecule has 8 heteroatoms. The van der Waals surface area contributed by atoms with Gasteiger partial charge in [-0.25, -0.2) is 8.42 Å². The number of hydrogen-bond donors (Lipinski definition) is 2. The van der Waals surface area contributed by atoms with Crippen LogP contribution in [0.25, 0.3) is 0 Å². The number of β-amino-alcohol motifs (C(OH)–C–C–N with tert-alkyl or cyclic N) is 2. The number of sulfonamides is 1. The van der Waals surface area contributed by atoms with E-state index >= 15 is 0 Å². The zero-order valence-corrected chi connectivity index (χ0v) is 11.1. The molecular formula is C9H11BrN2O4S. The van der Waals surface area contributed by atoms with Crippen molar-refractivity contribution in [1.82, 2.24) is 9.29 Å². The van der Waals surface area contributed by atoms with Gasteiger partial charge in [0, 0.05) is 30.0 Å². The van der Waals surface area contributed by atoms with Crippen molar-refractivity contribution in [2.45, 2.75) is 17.1 Å². The molecule has 0 aromatic carbocycles. The van der Waals surface area contributed by atoms with Gasteiger partial charge in [0.2, 0.25) is 10.0 Å². The van der Waals surface area contributed by atoms with Crippen LogP contribution in [0.5, 0.6) is 0 Å². The first-order valence-corrected chi connectivity index (χ1v) is 7.11. The first-order valence-electron chi connectivity index (χ1n) is 4.88. The molecule has 0 bridgehead atoms. The predicted molar refractivity (Wildman–Crippen MR) is 62.7 cm³/mol. The molecular weight excluding hydrogens is 312 g/mol. The molecule has 1 aromatic rings. The van der Waals surface area contributed by atoms with E-state index in [0.29, 0.717) is 4.47 Å². The monoisotopic (exact) mass is 322 g/mol. The van der Waals surface area contributed by atoms with Gasteiger partial charge in [-0.2, -0.15) is 4.31 Å². The summed E-state index contributed by atoms with van der Waals surface area (Å²) in [6.45, 7) is -0.202. The van der Waals surface area contributed by atoms with Gasteiger partial charge < -0.3 is 10.2 Å². The molecule has 17 heavy (non-hydrogen) atoms. The largest absolute Gasteiger partial charge is 0.389 e. The molecule has 1 aliphatic heterocycles. The van der Waals surface area contributed by atoms with Crippen molar-refractivity contribution in [3.05, 3.63) is 22.9 Å². The third-order valence-corrected chi connectivity index (χ3v) is 4.77. The fraction of sp³-hybridized carbons (Fsp3) is 0.444. The molecule has 0 spiro atoms. The highest BCUT2D eigenvalue weighted by molar-refractivity contribution is 9.10. The van der Waals surface area contributed by atoms with Crippen molar-refractivity contribution >= 4 is 26.0 Å². The minimum Gasteiger partial charge on any atom is -0.389 e. The normalized spacial score (nSPS) is 26.3. The molecule has 2 rings (SSSR count). The van der Waals surface area contributed by atoms with Crippen molar-refractivity contribution in [2.24, 2.45) is 0 Å². The van der Waals surface area contributed by atoms with E-state index in [9.17, 15) is 18.6 Å². The summed E-state index contributed by atoms with van der Waals surface area (Å²) < 4.78 is 25.8. The molecule has 2 atom stereocenters. The van der Waals surface area contributed by atoms with Crippen molar-refractivity contribution in [3.8, 4) is 0 Å². The van der Waals surface area contributed by atoms with Crippen LogP contribution in [0, 0.1) is 0 Å². The SMILES string of the molecule is O=S(=O)(c1cncc(Br)c1)N1CC(O)C(O)C1. The fourth-order valence-electron chi connectivity index (χ4n) is 1.61. The molecule has 94 valence electrons. The number of aliphatic hydroxyl groups excluding tert-OH is 2. The van der Waals surface area contributed by atoms with Crippen molar-refractivity contribution in [2.75, 3.05) is 13.1 Å². The highest BCUT2D eigenvalue weighted by Gasteiger charge is 2.37. The number of halogens is 1. The molecule has 1 saturated heterocycles. The van der Waals surface area contributed by atoms with Gasteiger partial charge in [0.05, 0.1) is 12.2 Å². The Morgan fingerprint density at radius 1 is 1.29 bits per heavy atom. The highest BCUT2D eigenvalue weighted by Crippen LogP contribution is 2.22. The molecule has 1 aliphatic rings. The summed E-state index contributed by atoms with van der Waals surface area (Å²) in [5.41, 5.74) is 0. The summed E-state index contributed by atoms with van der Waals surface area (Å²) >= 11 is 3.14. The Bertz CT molecular complexity index is 511. The molecule has 1 fully saturated rings. The molecule has 0 radical (unpaired) electrons. The third kappa shape index (κ3) is 2.50. The van der Waals surface area contributed by atoms with Crippen LogP contribution in [0.1, 0.15) is 0 Å². The number of nitrogens with zero attached hydrogens (tertiary/aromatic N) is 2. The molecule has 2 heterocycles. The molecule has 0 saturated carbocycles. The van der Waals surface area contributed by atoms with Crippen LogP contribution in [-0.4, -0.2) is 53.2 Å². The van der Waals surface area contributed by atoms with E-state index in [4.69, 9.17) is 0 Å². The second kappa shape index (κ2) is 4.62. The van der Waals surface area contributed by atoms with Crippen LogP contribution in [0.3, 0.4) is 0 Å². The van der Waals surface area contributed by atoms with Crippen LogP contribution in [0.2, 0.25) is 0 Å². The van der Waals surface area contributed by atoms with E-state index in [2.05, 4.69) is 20.9 Å². The Kier molecular flexibility index (Phi) is 3.50. The Balaban J connectivity index is 2.32. The van der Waals surface area contributed by atoms with Gasteiger partial charge in [0.15, 0.2) is 0 Å². The Labute approximate surface area is 107 Å². The average molecular weight is 323 g/mol. The second-order valence-electron chi connectivity index (χ2n) is 3.80. The lowest BCUT2D eigenvalue weighted by molar-refractivity contribution is 0.0572. The minimum absolute atomic E-state index is 0.0353. The molecule has 6 nitrogen and oxygen atoms in total. The van der Waals surface area contributed by atoms with Gasteiger partial charge in [0.1, 0.15) is 4.90 Å². The molecule has 1 aromatic heterocycles. The van der Waals surface area contributed by atoms with Gasteiger partial charge >= 0.3 is 0 Å². The van der Waals surface area contributed by atoms with Crippen LogP contribution in [0.4, 0.5) is 0 Å². The highest BCUT2D eigenvalue weighted by atomic mass is 79.9. The maximum atomic E-state index is 12.1. The number of pyridine rings is 1. The maximum Gasteiger partial charge on any atom is 0.244 e. The summed E-state index contributed by atoms with van der Waals surface area (Å²) in [7, 11) is -3.71. The number of aromatic nitrogens is 1. The minimum atomic E-state index is -3.71. The zero-order chi connectivity index (χ0) is 12.6. The van der Waals surface area contributed by atoms with Gasteiger partial charge in [-0.05, 0) is 22.0 Å². The van der Waals surface area contributed by atoms with Crippen molar-refractivity contribution < 1.29 is 18.6 Å². The average Bonchev–Trinajstić information content (AvgIpc) is 2.60. The molecule has 2 N–H and O–H groups in total. The zero-order valence-electron chi connectivity index (χ0n) is 8.69. The number of aliphatic hydroxyl groups is 2. The second-order valence-corrected chi connectivity index (χ2v) is 6.65. The standard InChI is InChI=1S/C9H11BrN2O4S/c10-6-1-7(3-11-2-6)17(15,16)12-4-8(13)9(14)5-12/h1-3,8-9,13-14H,4-5H2. The maximum absolute atomic E-state index is 12.1. The van der Waals surface area contributed by atoms with E-state index in [0.717, 1.165) is 4.31 Å². The smallest absolute Gasteiger partial charge is 0.244 e. The van der Waals surface area contributed by atoms with Gasteiger partial charge in [-0.15, -0.1) is 0 Å². The lowest BCUT2D eigenvalue weighted by Gasteiger charge is -2.15. The van der Waals surface area contributed by atoms with Crippen LogP contribution in [0.15, 0.2) is 27.8 Å². The Morgan fingerprint density at radius 3 is 2.41 bits per heavy atom. The fourth-order valence-corrected chi connectivity index (χ4v) is 3.60. The van der Waals surface area contributed by atoms with E-state index in [-0.39, 0.29) is 18.0 Å². The van der Waals surface area contributed by atoms with Crippen molar-refractivity contribution in [3.63, 3.8) is 0 Å². The Morgan fingerprint density at radius 2 is 1.88 bits per heavy atom. The van der Waals surface area contributed by atoms with Crippen LogP contribution >= 0.6 is 15.9 Å². The quantitative estimate of drug-likeness (QED) is 0.771. The first kappa shape index (κ1) is 12.9. The lowest BCUT2D eigenvalue weighted by atomic mass is 10.3.